The zero-order chi connectivity index (χ0) is 20.5. The Morgan fingerprint density at radius 2 is 1.93 bits per heavy atom. The third kappa shape index (κ3) is 6.48. The number of likely N-dealkylation sites (tertiary alicyclic amines) is 1. The summed E-state index contributed by atoms with van der Waals surface area (Å²) in [6.07, 6.45) is 3.72. The summed E-state index contributed by atoms with van der Waals surface area (Å²) in [5.41, 5.74) is 2.64. The Hall–Kier alpha value is -2.04. The van der Waals surface area contributed by atoms with Crippen LogP contribution in [0.15, 0.2) is 48.5 Å². The molecule has 0 bridgehead atoms. The van der Waals surface area contributed by atoms with Gasteiger partial charge in [-0.1, -0.05) is 37.3 Å². The van der Waals surface area contributed by atoms with E-state index in [0.29, 0.717) is 0 Å². The van der Waals surface area contributed by atoms with Crippen molar-refractivity contribution in [2.24, 2.45) is 5.92 Å². The fraction of sp³-hybridized carbons (Fsp3) is 0.520. The van der Waals surface area contributed by atoms with Gasteiger partial charge in [0.25, 0.3) is 0 Å². The highest BCUT2D eigenvalue weighted by molar-refractivity contribution is 5.33. The van der Waals surface area contributed by atoms with Crippen molar-refractivity contribution >= 4 is 0 Å². The van der Waals surface area contributed by atoms with E-state index in [1.807, 2.05) is 12.1 Å². The van der Waals surface area contributed by atoms with Crippen LogP contribution in [0.3, 0.4) is 0 Å². The normalized spacial score (nSPS) is 17.4. The van der Waals surface area contributed by atoms with Gasteiger partial charge in [0.05, 0.1) is 14.2 Å². The first kappa shape index (κ1) is 21.7. The number of piperidine rings is 1. The highest BCUT2D eigenvalue weighted by atomic mass is 16.5. The van der Waals surface area contributed by atoms with Gasteiger partial charge in [-0.3, -0.25) is 4.90 Å². The molecule has 1 saturated heterocycles. The molecule has 29 heavy (non-hydrogen) atoms. The Morgan fingerprint density at radius 1 is 1.07 bits per heavy atom. The van der Waals surface area contributed by atoms with Crippen LogP contribution in [0.2, 0.25) is 0 Å². The predicted octanol–water partition coefficient (Wildman–Crippen LogP) is 4.48. The molecule has 1 aliphatic rings. The van der Waals surface area contributed by atoms with E-state index in [9.17, 15) is 0 Å². The minimum absolute atomic E-state index is 0.740. The lowest BCUT2D eigenvalue weighted by Crippen LogP contribution is -2.41. The quantitative estimate of drug-likeness (QED) is 0.591. The van der Waals surface area contributed by atoms with E-state index in [0.717, 1.165) is 50.0 Å². The van der Waals surface area contributed by atoms with Gasteiger partial charge in [-0.2, -0.15) is 0 Å². The highest BCUT2D eigenvalue weighted by Gasteiger charge is 2.22. The Balaban J connectivity index is 1.51. The van der Waals surface area contributed by atoms with Gasteiger partial charge < -0.3 is 14.4 Å². The molecule has 2 aromatic carbocycles. The van der Waals surface area contributed by atoms with E-state index in [-0.39, 0.29) is 0 Å². The molecule has 1 fully saturated rings. The standard InChI is InChI=1S/C25H36N2O2/c1-4-26(20-23-11-5-6-13-25(23)29-3)18-22-10-8-15-27(19-22)16-14-21-9-7-12-24(17-21)28-2/h5-7,9,11-13,17,22H,4,8,10,14-16,18-20H2,1-3H3/t22-/m1/s1. The zero-order valence-corrected chi connectivity index (χ0v) is 18.3. The molecule has 0 unspecified atom stereocenters. The third-order valence-corrected chi connectivity index (χ3v) is 6.00. The van der Waals surface area contributed by atoms with Gasteiger partial charge in [-0.05, 0) is 62.0 Å². The second-order valence-corrected chi connectivity index (χ2v) is 8.05. The van der Waals surface area contributed by atoms with Crippen molar-refractivity contribution in [3.05, 3.63) is 59.7 Å². The molecule has 0 saturated carbocycles. The lowest BCUT2D eigenvalue weighted by Gasteiger charge is -2.35. The number of nitrogens with zero attached hydrogens (tertiary/aromatic N) is 2. The largest absolute Gasteiger partial charge is 0.497 e. The van der Waals surface area contributed by atoms with E-state index in [1.165, 1.54) is 37.1 Å². The first-order valence-electron chi connectivity index (χ1n) is 10.9. The molecule has 3 rings (SSSR count). The molecule has 2 aromatic rings. The van der Waals surface area contributed by atoms with Gasteiger partial charge >= 0.3 is 0 Å². The number of rotatable bonds is 10. The number of hydrogen-bond donors (Lipinski definition) is 0. The summed E-state index contributed by atoms with van der Waals surface area (Å²) in [5, 5.41) is 0. The van der Waals surface area contributed by atoms with Crippen molar-refractivity contribution in [1.29, 1.82) is 0 Å². The molecular formula is C25H36N2O2. The fourth-order valence-electron chi connectivity index (χ4n) is 4.36. The summed E-state index contributed by atoms with van der Waals surface area (Å²) in [4.78, 5) is 5.21. The van der Waals surface area contributed by atoms with Crippen molar-refractivity contribution in [1.82, 2.24) is 9.80 Å². The predicted molar refractivity (Wildman–Crippen MR) is 120 cm³/mol. The molecule has 0 spiro atoms. The van der Waals surface area contributed by atoms with Crippen molar-refractivity contribution in [2.45, 2.75) is 32.7 Å². The van der Waals surface area contributed by atoms with Gasteiger partial charge in [0.2, 0.25) is 0 Å². The van der Waals surface area contributed by atoms with Crippen LogP contribution < -0.4 is 9.47 Å². The first-order chi connectivity index (χ1) is 14.2. The van der Waals surface area contributed by atoms with Crippen LogP contribution in [-0.2, 0) is 13.0 Å². The lowest BCUT2D eigenvalue weighted by atomic mass is 9.96. The number of ether oxygens (including phenoxy) is 2. The molecule has 4 nitrogen and oxygen atoms in total. The number of methoxy groups -OCH3 is 2. The van der Waals surface area contributed by atoms with Gasteiger partial charge in [0.1, 0.15) is 11.5 Å². The van der Waals surface area contributed by atoms with E-state index in [1.54, 1.807) is 14.2 Å². The van der Waals surface area contributed by atoms with E-state index in [2.05, 4.69) is 53.1 Å². The maximum Gasteiger partial charge on any atom is 0.123 e. The molecule has 0 amide bonds. The smallest absolute Gasteiger partial charge is 0.123 e. The SMILES string of the molecule is CCN(Cc1ccccc1OC)C[C@H]1CCCN(CCc2cccc(OC)c2)C1. The summed E-state index contributed by atoms with van der Waals surface area (Å²) in [5.74, 6) is 2.69. The maximum absolute atomic E-state index is 5.54. The molecule has 0 aliphatic carbocycles. The first-order valence-corrected chi connectivity index (χ1v) is 10.9. The molecule has 0 radical (unpaired) electrons. The van der Waals surface area contributed by atoms with Crippen LogP contribution in [0.25, 0.3) is 0 Å². The minimum Gasteiger partial charge on any atom is -0.497 e. The second-order valence-electron chi connectivity index (χ2n) is 8.05. The zero-order valence-electron chi connectivity index (χ0n) is 18.3. The molecule has 4 heteroatoms. The fourth-order valence-corrected chi connectivity index (χ4v) is 4.36. The Bertz CT molecular complexity index is 749. The van der Waals surface area contributed by atoms with Crippen LogP contribution in [-0.4, -0.2) is 56.7 Å². The van der Waals surface area contributed by atoms with Crippen molar-refractivity contribution in [2.75, 3.05) is 46.9 Å². The van der Waals surface area contributed by atoms with Gasteiger partial charge in [0.15, 0.2) is 0 Å². The number of benzene rings is 2. The van der Waals surface area contributed by atoms with Gasteiger partial charge in [-0.25, -0.2) is 0 Å². The van der Waals surface area contributed by atoms with Crippen molar-refractivity contribution in [3.8, 4) is 11.5 Å². The summed E-state index contributed by atoms with van der Waals surface area (Å²) in [6, 6.07) is 16.9. The van der Waals surface area contributed by atoms with Gasteiger partial charge in [-0.15, -0.1) is 0 Å². The van der Waals surface area contributed by atoms with Crippen molar-refractivity contribution in [3.63, 3.8) is 0 Å². The van der Waals surface area contributed by atoms with E-state index in [4.69, 9.17) is 9.47 Å². The Kier molecular flexibility index (Phi) is 8.38. The highest BCUT2D eigenvalue weighted by Crippen LogP contribution is 2.23. The lowest BCUT2D eigenvalue weighted by molar-refractivity contribution is 0.132. The topological polar surface area (TPSA) is 24.9 Å². The van der Waals surface area contributed by atoms with Crippen LogP contribution in [0.5, 0.6) is 11.5 Å². The summed E-state index contributed by atoms with van der Waals surface area (Å²) >= 11 is 0. The van der Waals surface area contributed by atoms with Crippen LogP contribution in [0, 0.1) is 5.92 Å². The molecule has 158 valence electrons. The minimum atomic E-state index is 0.740. The monoisotopic (exact) mass is 396 g/mol. The van der Waals surface area contributed by atoms with Crippen LogP contribution >= 0.6 is 0 Å². The molecule has 1 heterocycles. The van der Waals surface area contributed by atoms with Gasteiger partial charge in [0, 0.05) is 31.7 Å². The summed E-state index contributed by atoms with van der Waals surface area (Å²) in [6.45, 7) is 9.00. The Labute approximate surface area is 176 Å². The maximum atomic E-state index is 5.54. The second kappa shape index (κ2) is 11.2. The van der Waals surface area contributed by atoms with E-state index >= 15 is 0 Å². The van der Waals surface area contributed by atoms with Crippen LogP contribution in [0.4, 0.5) is 0 Å². The number of para-hydroxylation sites is 1. The summed E-state index contributed by atoms with van der Waals surface area (Å²) < 4.78 is 10.9. The average molecular weight is 397 g/mol. The molecule has 1 aliphatic heterocycles. The van der Waals surface area contributed by atoms with Crippen molar-refractivity contribution < 1.29 is 9.47 Å². The third-order valence-electron chi connectivity index (χ3n) is 6.00. The Morgan fingerprint density at radius 3 is 2.72 bits per heavy atom. The molecular weight excluding hydrogens is 360 g/mol. The molecule has 0 N–H and O–H groups in total. The molecule has 0 aromatic heterocycles. The average Bonchev–Trinajstić information content (AvgIpc) is 2.78. The number of hydrogen-bond acceptors (Lipinski definition) is 4. The summed E-state index contributed by atoms with van der Waals surface area (Å²) in [7, 11) is 3.50. The van der Waals surface area contributed by atoms with E-state index < -0.39 is 0 Å². The van der Waals surface area contributed by atoms with Crippen LogP contribution in [0.1, 0.15) is 30.9 Å². The molecule has 1 atom stereocenters.